The minimum Gasteiger partial charge on any atom is -0.493 e. The van der Waals surface area contributed by atoms with E-state index in [0.29, 0.717) is 33.0 Å². The van der Waals surface area contributed by atoms with Gasteiger partial charge in [-0.15, -0.1) is 0 Å². The summed E-state index contributed by atoms with van der Waals surface area (Å²) in [6, 6.07) is 20.2. The molecule has 0 aromatic heterocycles. The Morgan fingerprint density at radius 2 is 1.89 bits per heavy atom. The molecule has 0 unspecified atom stereocenters. The average molecular weight is 604 g/mol. The number of carbonyl (C=O) groups excluding carboxylic acids is 2. The first kappa shape index (κ1) is 26.2. The van der Waals surface area contributed by atoms with Gasteiger partial charge in [-0.2, -0.15) is 5.01 Å². The van der Waals surface area contributed by atoms with Crippen molar-refractivity contribution in [2.75, 3.05) is 13.7 Å². The molecule has 0 saturated carbocycles. The molecule has 6 nitrogen and oxygen atoms in total. The van der Waals surface area contributed by atoms with Gasteiger partial charge in [-0.1, -0.05) is 65.8 Å². The van der Waals surface area contributed by atoms with Crippen LogP contribution in [0.1, 0.15) is 21.5 Å². The van der Waals surface area contributed by atoms with Crippen LogP contribution in [0.4, 0.5) is 0 Å². The van der Waals surface area contributed by atoms with E-state index in [1.54, 1.807) is 43.5 Å². The Kier molecular flexibility index (Phi) is 8.68. The molecule has 0 spiro atoms. The van der Waals surface area contributed by atoms with Crippen molar-refractivity contribution in [1.82, 2.24) is 10.4 Å². The standard InChI is InChI=1S/C26H20BrClN2O4S2/c1-33-21-14-17(13-19(27)23(21)34-12-11-16-7-3-2-4-8-16)15-22-25(32)30(26(35)36-22)29-24(31)18-9-5-6-10-20(18)28/h2-10,13-15H,11-12H2,1H3,(H,29,31)/b22-15-. The Balaban J connectivity index is 1.48. The third kappa shape index (κ3) is 6.10. The number of halogens is 2. The Labute approximate surface area is 231 Å². The highest BCUT2D eigenvalue weighted by Crippen LogP contribution is 2.39. The number of ether oxygens (including phenoxy) is 2. The molecule has 3 aromatic rings. The van der Waals surface area contributed by atoms with Gasteiger partial charge in [-0.05, 0) is 69.6 Å². The summed E-state index contributed by atoms with van der Waals surface area (Å²) in [5.41, 5.74) is 4.65. The third-order valence-electron chi connectivity index (χ3n) is 5.16. The summed E-state index contributed by atoms with van der Waals surface area (Å²) in [5, 5.41) is 1.32. The van der Waals surface area contributed by atoms with Crippen molar-refractivity contribution in [2.45, 2.75) is 6.42 Å². The quantitative estimate of drug-likeness (QED) is 0.242. The van der Waals surface area contributed by atoms with Crippen molar-refractivity contribution in [2.24, 2.45) is 0 Å². The van der Waals surface area contributed by atoms with E-state index in [4.69, 9.17) is 33.3 Å². The van der Waals surface area contributed by atoms with Crippen molar-refractivity contribution in [3.8, 4) is 11.5 Å². The summed E-state index contributed by atoms with van der Waals surface area (Å²) >= 11 is 16.0. The van der Waals surface area contributed by atoms with Gasteiger partial charge in [0, 0.05) is 6.42 Å². The lowest BCUT2D eigenvalue weighted by Crippen LogP contribution is -2.44. The summed E-state index contributed by atoms with van der Waals surface area (Å²) in [6.07, 6.45) is 2.43. The second-order valence-electron chi connectivity index (χ2n) is 7.56. The summed E-state index contributed by atoms with van der Waals surface area (Å²) in [5.74, 6) is 0.125. The molecule has 1 fully saturated rings. The average Bonchev–Trinajstić information content (AvgIpc) is 3.13. The number of thioether (sulfide) groups is 1. The number of carbonyl (C=O) groups is 2. The molecule has 1 heterocycles. The Morgan fingerprint density at radius 1 is 1.17 bits per heavy atom. The molecule has 0 radical (unpaired) electrons. The van der Waals surface area contributed by atoms with Crippen LogP contribution in [0.15, 0.2) is 76.1 Å². The van der Waals surface area contributed by atoms with E-state index in [9.17, 15) is 9.59 Å². The molecule has 1 N–H and O–H groups in total. The van der Waals surface area contributed by atoms with E-state index in [0.717, 1.165) is 23.2 Å². The summed E-state index contributed by atoms with van der Waals surface area (Å²) in [4.78, 5) is 25.9. The van der Waals surface area contributed by atoms with Crippen molar-refractivity contribution in [1.29, 1.82) is 0 Å². The van der Waals surface area contributed by atoms with E-state index in [-0.39, 0.29) is 14.9 Å². The predicted molar refractivity (Wildman–Crippen MR) is 150 cm³/mol. The van der Waals surface area contributed by atoms with Crippen LogP contribution < -0.4 is 14.9 Å². The highest BCUT2D eigenvalue weighted by atomic mass is 79.9. The fraction of sp³-hybridized carbons (Fsp3) is 0.115. The molecule has 10 heteroatoms. The first-order valence-corrected chi connectivity index (χ1v) is 13.1. The molecule has 1 aliphatic heterocycles. The number of rotatable bonds is 8. The molecule has 0 atom stereocenters. The first-order chi connectivity index (χ1) is 17.4. The van der Waals surface area contributed by atoms with Crippen LogP contribution in [0.3, 0.4) is 0 Å². The van der Waals surface area contributed by atoms with Crippen molar-refractivity contribution >= 4 is 73.7 Å². The topological polar surface area (TPSA) is 67.9 Å². The van der Waals surface area contributed by atoms with Gasteiger partial charge in [0.25, 0.3) is 11.8 Å². The molecule has 1 aliphatic rings. The van der Waals surface area contributed by atoms with Crippen LogP contribution in [-0.2, 0) is 11.2 Å². The number of methoxy groups -OCH3 is 1. The van der Waals surface area contributed by atoms with Crippen LogP contribution in [0.5, 0.6) is 11.5 Å². The van der Waals surface area contributed by atoms with Crippen molar-refractivity contribution in [3.63, 3.8) is 0 Å². The normalized spacial score (nSPS) is 14.3. The predicted octanol–water partition coefficient (Wildman–Crippen LogP) is 6.28. The van der Waals surface area contributed by atoms with Crippen LogP contribution in [0.2, 0.25) is 5.02 Å². The number of amides is 2. The van der Waals surface area contributed by atoms with Crippen LogP contribution in [-0.4, -0.2) is 34.9 Å². The fourth-order valence-electron chi connectivity index (χ4n) is 3.40. The summed E-state index contributed by atoms with van der Waals surface area (Å²) in [7, 11) is 1.55. The van der Waals surface area contributed by atoms with Gasteiger partial charge in [0.15, 0.2) is 15.8 Å². The number of hydrazine groups is 1. The lowest BCUT2D eigenvalue weighted by molar-refractivity contribution is -0.123. The zero-order chi connectivity index (χ0) is 25.7. The molecule has 0 bridgehead atoms. The van der Waals surface area contributed by atoms with E-state index in [1.165, 1.54) is 5.56 Å². The van der Waals surface area contributed by atoms with Crippen LogP contribution >= 0.6 is 51.5 Å². The molecular weight excluding hydrogens is 584 g/mol. The molecule has 0 aliphatic carbocycles. The van der Waals surface area contributed by atoms with Gasteiger partial charge in [0.2, 0.25) is 0 Å². The molecule has 36 heavy (non-hydrogen) atoms. The summed E-state index contributed by atoms with van der Waals surface area (Å²) < 4.78 is 12.4. The van der Waals surface area contributed by atoms with E-state index >= 15 is 0 Å². The highest BCUT2D eigenvalue weighted by Gasteiger charge is 2.34. The molecule has 4 rings (SSSR count). The number of nitrogens with zero attached hydrogens (tertiary/aromatic N) is 1. The van der Waals surface area contributed by atoms with Crippen molar-refractivity contribution < 1.29 is 19.1 Å². The minimum absolute atomic E-state index is 0.207. The number of thiocarbonyl (C=S) groups is 1. The van der Waals surface area contributed by atoms with E-state index in [1.807, 2.05) is 36.4 Å². The second kappa shape index (κ2) is 11.9. The largest absolute Gasteiger partial charge is 0.493 e. The Bertz CT molecular complexity index is 1350. The minimum atomic E-state index is -0.528. The molecule has 3 aromatic carbocycles. The monoisotopic (exact) mass is 602 g/mol. The smallest absolute Gasteiger partial charge is 0.285 e. The molecule has 184 valence electrons. The zero-order valence-corrected chi connectivity index (χ0v) is 23.0. The number of hydrogen-bond donors (Lipinski definition) is 1. The van der Waals surface area contributed by atoms with Crippen molar-refractivity contribution in [3.05, 3.63) is 97.8 Å². The summed E-state index contributed by atoms with van der Waals surface area (Å²) in [6.45, 7) is 0.474. The zero-order valence-electron chi connectivity index (χ0n) is 19.0. The Hall–Kier alpha value is -2.85. The van der Waals surface area contributed by atoms with E-state index < -0.39 is 11.8 Å². The highest BCUT2D eigenvalue weighted by molar-refractivity contribution is 9.10. The fourth-order valence-corrected chi connectivity index (χ4v) is 5.38. The SMILES string of the molecule is COc1cc(/C=C2\SC(=S)N(NC(=O)c3ccccc3Cl)C2=O)cc(Br)c1OCCc1ccccc1. The number of nitrogens with one attached hydrogen (secondary N) is 1. The lowest BCUT2D eigenvalue weighted by Gasteiger charge is -2.16. The first-order valence-electron chi connectivity index (χ1n) is 10.7. The van der Waals surface area contributed by atoms with Crippen LogP contribution in [0, 0.1) is 0 Å². The van der Waals surface area contributed by atoms with Gasteiger partial charge in [-0.3, -0.25) is 15.0 Å². The van der Waals surface area contributed by atoms with Gasteiger partial charge in [0.05, 0.1) is 33.7 Å². The maximum Gasteiger partial charge on any atom is 0.285 e. The number of benzene rings is 3. The molecule has 1 saturated heterocycles. The van der Waals surface area contributed by atoms with Gasteiger partial charge < -0.3 is 9.47 Å². The van der Waals surface area contributed by atoms with Gasteiger partial charge in [0.1, 0.15) is 0 Å². The second-order valence-corrected chi connectivity index (χ2v) is 10.5. The lowest BCUT2D eigenvalue weighted by atomic mass is 10.1. The third-order valence-corrected chi connectivity index (χ3v) is 7.38. The maximum absolute atomic E-state index is 13.0. The van der Waals surface area contributed by atoms with E-state index in [2.05, 4.69) is 21.4 Å². The molecule has 2 amide bonds. The molecular formula is C26H20BrClN2O4S2. The number of hydrogen-bond acceptors (Lipinski definition) is 6. The Morgan fingerprint density at radius 3 is 2.61 bits per heavy atom. The maximum atomic E-state index is 13.0. The van der Waals surface area contributed by atoms with Gasteiger partial charge in [-0.25, -0.2) is 0 Å². The van der Waals surface area contributed by atoms with Gasteiger partial charge >= 0.3 is 0 Å². The van der Waals surface area contributed by atoms with Crippen LogP contribution in [0.25, 0.3) is 6.08 Å².